The molecule has 0 bridgehead atoms. The van der Waals surface area contributed by atoms with Crippen molar-refractivity contribution in [2.45, 2.75) is 18.4 Å². The number of esters is 1. The maximum Gasteiger partial charge on any atom is 0.333 e. The van der Waals surface area contributed by atoms with Gasteiger partial charge in [-0.1, -0.05) is 72.9 Å². The Bertz CT molecular complexity index is 851. The van der Waals surface area contributed by atoms with E-state index < -0.39 is 23.8 Å². The van der Waals surface area contributed by atoms with Crippen LogP contribution in [-0.4, -0.2) is 34.7 Å². The maximum absolute atomic E-state index is 12.6. The van der Waals surface area contributed by atoms with Gasteiger partial charge in [0.15, 0.2) is 11.8 Å². The van der Waals surface area contributed by atoms with Crippen LogP contribution in [0.15, 0.2) is 60.7 Å². The van der Waals surface area contributed by atoms with Crippen molar-refractivity contribution in [1.82, 2.24) is 4.90 Å². The SMILES string of the molecule is COC(=O)C(c1ccccc1)N1C(=O)CC(=O)C(c2ccccc2)C1=S. The van der Waals surface area contributed by atoms with Gasteiger partial charge >= 0.3 is 5.97 Å². The van der Waals surface area contributed by atoms with Gasteiger partial charge in [-0.15, -0.1) is 0 Å². The van der Waals surface area contributed by atoms with E-state index in [-0.39, 0.29) is 17.2 Å². The molecule has 0 radical (unpaired) electrons. The number of hydrogen-bond donors (Lipinski definition) is 0. The number of thiocarbonyl (C=S) groups is 1. The molecule has 3 rings (SSSR count). The predicted octanol–water partition coefficient (Wildman–Crippen LogP) is 2.81. The van der Waals surface area contributed by atoms with Crippen molar-refractivity contribution in [3.63, 3.8) is 0 Å². The summed E-state index contributed by atoms with van der Waals surface area (Å²) in [6, 6.07) is 16.8. The van der Waals surface area contributed by atoms with Crippen molar-refractivity contribution in [3.05, 3.63) is 71.8 Å². The molecule has 1 aliphatic rings. The predicted molar refractivity (Wildman–Crippen MR) is 99.5 cm³/mol. The van der Waals surface area contributed by atoms with E-state index in [9.17, 15) is 14.4 Å². The Morgan fingerprint density at radius 3 is 2.23 bits per heavy atom. The quantitative estimate of drug-likeness (QED) is 0.472. The molecule has 0 aliphatic carbocycles. The first-order chi connectivity index (χ1) is 12.5. The third kappa shape index (κ3) is 3.28. The number of carbonyl (C=O) groups is 3. The average Bonchev–Trinajstić information content (AvgIpc) is 2.66. The Labute approximate surface area is 156 Å². The van der Waals surface area contributed by atoms with E-state index in [2.05, 4.69) is 0 Å². The Kier molecular flexibility index (Phi) is 5.23. The molecule has 1 saturated heterocycles. The first-order valence-electron chi connectivity index (χ1n) is 8.11. The van der Waals surface area contributed by atoms with Crippen molar-refractivity contribution in [2.24, 2.45) is 0 Å². The summed E-state index contributed by atoms with van der Waals surface area (Å²) in [6.45, 7) is 0. The third-order valence-corrected chi connectivity index (χ3v) is 4.76. The maximum atomic E-state index is 12.6. The van der Waals surface area contributed by atoms with Crippen molar-refractivity contribution in [3.8, 4) is 0 Å². The van der Waals surface area contributed by atoms with Crippen LogP contribution < -0.4 is 0 Å². The smallest absolute Gasteiger partial charge is 0.333 e. The van der Waals surface area contributed by atoms with Crippen LogP contribution in [0.3, 0.4) is 0 Å². The highest BCUT2D eigenvalue weighted by atomic mass is 32.1. The van der Waals surface area contributed by atoms with Gasteiger partial charge in [-0.25, -0.2) is 4.79 Å². The number of piperidine rings is 1. The first kappa shape index (κ1) is 17.9. The van der Waals surface area contributed by atoms with E-state index in [1.807, 2.05) is 12.1 Å². The standard InChI is InChI=1S/C20H17NO4S/c1-25-20(24)18(14-10-6-3-7-11-14)21-16(23)12-15(22)17(19(21)26)13-8-4-2-5-9-13/h2-11,17-18H,12H2,1H3. The molecule has 0 N–H and O–H groups in total. The van der Waals surface area contributed by atoms with E-state index in [0.717, 1.165) is 0 Å². The summed E-state index contributed by atoms with van der Waals surface area (Å²) in [5.74, 6) is -2.10. The summed E-state index contributed by atoms with van der Waals surface area (Å²) in [5.41, 5.74) is 1.29. The minimum atomic E-state index is -1.01. The van der Waals surface area contributed by atoms with Gasteiger partial charge in [0.05, 0.1) is 19.4 Å². The zero-order chi connectivity index (χ0) is 18.7. The number of ketones is 1. The minimum absolute atomic E-state index is 0.122. The fourth-order valence-electron chi connectivity index (χ4n) is 3.12. The fraction of sp³-hybridized carbons (Fsp3) is 0.200. The number of benzene rings is 2. The normalized spacial score (nSPS) is 18.6. The largest absolute Gasteiger partial charge is 0.467 e. The number of likely N-dealkylation sites (tertiary alicyclic amines) is 1. The Hall–Kier alpha value is -2.86. The van der Waals surface area contributed by atoms with E-state index in [1.165, 1.54) is 12.0 Å². The summed E-state index contributed by atoms with van der Waals surface area (Å²) in [5, 5.41) is 0. The number of ether oxygens (including phenoxy) is 1. The molecule has 0 saturated carbocycles. The molecule has 26 heavy (non-hydrogen) atoms. The lowest BCUT2D eigenvalue weighted by Crippen LogP contribution is -2.51. The summed E-state index contributed by atoms with van der Waals surface area (Å²) >= 11 is 5.50. The highest BCUT2D eigenvalue weighted by Crippen LogP contribution is 2.33. The Morgan fingerprint density at radius 2 is 1.65 bits per heavy atom. The van der Waals surface area contributed by atoms with Crippen LogP contribution in [0.5, 0.6) is 0 Å². The number of Topliss-reactive ketones (excluding diaryl/α,β-unsaturated/α-hetero) is 1. The second-order valence-corrected chi connectivity index (χ2v) is 6.34. The van der Waals surface area contributed by atoms with Gasteiger partial charge in [-0.05, 0) is 11.1 Å². The summed E-state index contributed by atoms with van der Waals surface area (Å²) in [4.78, 5) is 39.0. The topological polar surface area (TPSA) is 63.7 Å². The van der Waals surface area contributed by atoms with Crippen LogP contribution in [0.1, 0.15) is 29.5 Å². The molecule has 2 aromatic carbocycles. The molecule has 1 aliphatic heterocycles. The molecule has 0 spiro atoms. The molecule has 1 fully saturated rings. The van der Waals surface area contributed by atoms with Gasteiger partial charge in [-0.2, -0.15) is 0 Å². The molecule has 6 heteroatoms. The van der Waals surface area contributed by atoms with Crippen molar-refractivity contribution in [2.75, 3.05) is 7.11 Å². The van der Waals surface area contributed by atoms with Crippen LogP contribution in [0, 0.1) is 0 Å². The van der Waals surface area contributed by atoms with Gasteiger partial charge in [0.25, 0.3) is 0 Å². The number of methoxy groups -OCH3 is 1. The molecule has 2 aromatic rings. The van der Waals surface area contributed by atoms with E-state index in [4.69, 9.17) is 17.0 Å². The number of rotatable bonds is 4. The molecule has 2 unspecified atom stereocenters. The minimum Gasteiger partial charge on any atom is -0.467 e. The Balaban J connectivity index is 2.06. The fourth-order valence-corrected chi connectivity index (χ4v) is 3.59. The summed E-state index contributed by atoms with van der Waals surface area (Å²) in [6.07, 6.45) is -0.306. The van der Waals surface area contributed by atoms with Crippen LogP contribution in [0.2, 0.25) is 0 Å². The van der Waals surface area contributed by atoms with Crippen LogP contribution >= 0.6 is 12.2 Å². The number of hydrogen-bond acceptors (Lipinski definition) is 5. The van der Waals surface area contributed by atoms with Crippen molar-refractivity contribution < 1.29 is 19.1 Å². The van der Waals surface area contributed by atoms with E-state index in [0.29, 0.717) is 11.1 Å². The highest BCUT2D eigenvalue weighted by molar-refractivity contribution is 7.80. The van der Waals surface area contributed by atoms with Crippen LogP contribution in [0.4, 0.5) is 0 Å². The van der Waals surface area contributed by atoms with Crippen LogP contribution in [0.25, 0.3) is 0 Å². The van der Waals surface area contributed by atoms with E-state index in [1.54, 1.807) is 48.5 Å². The lowest BCUT2D eigenvalue weighted by atomic mass is 9.87. The van der Waals surface area contributed by atoms with E-state index >= 15 is 0 Å². The molecular weight excluding hydrogens is 350 g/mol. The van der Waals surface area contributed by atoms with Gasteiger partial charge in [0.2, 0.25) is 5.91 Å². The zero-order valence-electron chi connectivity index (χ0n) is 14.1. The second-order valence-electron chi connectivity index (χ2n) is 5.93. The molecule has 0 aromatic heterocycles. The van der Waals surface area contributed by atoms with Crippen LogP contribution in [-0.2, 0) is 19.1 Å². The lowest BCUT2D eigenvalue weighted by Gasteiger charge is -2.37. The monoisotopic (exact) mass is 367 g/mol. The number of carbonyl (C=O) groups excluding carboxylic acids is 3. The van der Waals surface area contributed by atoms with Gasteiger partial charge < -0.3 is 4.74 Å². The number of nitrogens with zero attached hydrogens (tertiary/aromatic N) is 1. The summed E-state index contributed by atoms with van der Waals surface area (Å²) < 4.78 is 4.91. The van der Waals surface area contributed by atoms with Gasteiger partial charge in [0, 0.05) is 0 Å². The molecule has 2 atom stereocenters. The lowest BCUT2D eigenvalue weighted by molar-refractivity contribution is -0.151. The molecular formula is C20H17NO4S. The molecule has 132 valence electrons. The third-order valence-electron chi connectivity index (χ3n) is 4.33. The van der Waals surface area contributed by atoms with Crippen molar-refractivity contribution >= 4 is 34.9 Å². The van der Waals surface area contributed by atoms with Gasteiger partial charge in [-0.3, -0.25) is 14.5 Å². The molecule has 5 nitrogen and oxygen atoms in total. The highest BCUT2D eigenvalue weighted by Gasteiger charge is 2.44. The van der Waals surface area contributed by atoms with Gasteiger partial charge in [0.1, 0.15) is 4.99 Å². The second kappa shape index (κ2) is 7.58. The molecule has 1 amide bonds. The number of amides is 1. The average molecular weight is 367 g/mol. The molecule has 1 heterocycles. The first-order valence-corrected chi connectivity index (χ1v) is 8.51. The zero-order valence-corrected chi connectivity index (χ0v) is 14.9. The Morgan fingerprint density at radius 1 is 1.08 bits per heavy atom. The summed E-state index contributed by atoms with van der Waals surface area (Å²) in [7, 11) is 1.26. The van der Waals surface area contributed by atoms with Crippen molar-refractivity contribution in [1.29, 1.82) is 0 Å².